The number of hydrogen-bond donors (Lipinski definition) is 1. The summed E-state index contributed by atoms with van der Waals surface area (Å²) in [6, 6.07) is 3.02. The van der Waals surface area contributed by atoms with Crippen molar-refractivity contribution in [3.8, 4) is 0 Å². The van der Waals surface area contributed by atoms with Crippen LogP contribution in [0.25, 0.3) is 0 Å². The first-order valence-corrected chi connectivity index (χ1v) is 6.35. The number of benzene rings is 1. The molecule has 0 aliphatic carbocycles. The van der Waals surface area contributed by atoms with E-state index in [4.69, 9.17) is 9.84 Å². The number of ether oxygens (including phenoxy) is 1. The zero-order valence-corrected chi connectivity index (χ0v) is 11.3. The van der Waals surface area contributed by atoms with Crippen molar-refractivity contribution in [3.63, 3.8) is 0 Å². The smallest absolute Gasteiger partial charge is 0.335 e. The maximum Gasteiger partial charge on any atom is 0.335 e. The van der Waals surface area contributed by atoms with Gasteiger partial charge in [0.2, 0.25) is 0 Å². The first kappa shape index (κ1) is 14.5. The van der Waals surface area contributed by atoms with Crippen LogP contribution in [0.5, 0.6) is 0 Å². The molecule has 1 fully saturated rings. The number of halogens is 1. The van der Waals surface area contributed by atoms with Crippen molar-refractivity contribution in [1.29, 1.82) is 0 Å². The molecular formula is C14H16FNO4. The van der Waals surface area contributed by atoms with E-state index in [0.717, 1.165) is 6.07 Å². The predicted octanol–water partition coefficient (Wildman–Crippen LogP) is 1.77. The molecule has 0 aromatic heterocycles. The normalized spacial score (nSPS) is 22.6. The number of aromatic carboxylic acids is 1. The van der Waals surface area contributed by atoms with Crippen LogP contribution in [0.1, 0.15) is 34.6 Å². The fraction of sp³-hybridized carbons (Fsp3) is 0.429. The summed E-state index contributed by atoms with van der Waals surface area (Å²) in [4.78, 5) is 24.7. The first-order valence-electron chi connectivity index (χ1n) is 6.35. The molecule has 1 aliphatic rings. The zero-order valence-electron chi connectivity index (χ0n) is 11.3. The van der Waals surface area contributed by atoms with Gasteiger partial charge in [-0.05, 0) is 32.0 Å². The maximum absolute atomic E-state index is 13.9. The highest BCUT2D eigenvalue weighted by Gasteiger charge is 2.31. The number of carbonyl (C=O) groups excluding carboxylic acids is 1. The highest BCUT2D eigenvalue weighted by atomic mass is 19.1. The summed E-state index contributed by atoms with van der Waals surface area (Å²) in [6.45, 7) is 4.48. The molecule has 1 amide bonds. The molecular weight excluding hydrogens is 265 g/mol. The van der Waals surface area contributed by atoms with Gasteiger partial charge >= 0.3 is 5.97 Å². The van der Waals surface area contributed by atoms with Crippen LogP contribution in [0, 0.1) is 5.82 Å². The number of morpholine rings is 1. The molecule has 20 heavy (non-hydrogen) atoms. The molecule has 108 valence electrons. The quantitative estimate of drug-likeness (QED) is 0.897. The highest BCUT2D eigenvalue weighted by Crippen LogP contribution is 2.19. The minimum absolute atomic E-state index is 0.115. The molecule has 0 radical (unpaired) electrons. The van der Waals surface area contributed by atoms with Crippen LogP contribution in [0.15, 0.2) is 18.2 Å². The van der Waals surface area contributed by atoms with Crippen LogP contribution in [0.3, 0.4) is 0 Å². The number of nitrogens with zero attached hydrogens (tertiary/aromatic N) is 1. The average Bonchev–Trinajstić information content (AvgIpc) is 2.38. The van der Waals surface area contributed by atoms with Crippen molar-refractivity contribution in [2.24, 2.45) is 0 Å². The largest absolute Gasteiger partial charge is 0.478 e. The van der Waals surface area contributed by atoms with E-state index in [0.29, 0.717) is 13.2 Å². The van der Waals surface area contributed by atoms with Gasteiger partial charge in [-0.1, -0.05) is 0 Å². The summed E-state index contributed by atoms with van der Waals surface area (Å²) >= 11 is 0. The molecule has 6 heteroatoms. The third kappa shape index (κ3) is 2.65. The van der Waals surface area contributed by atoms with Gasteiger partial charge in [0.1, 0.15) is 5.82 Å². The van der Waals surface area contributed by atoms with Crippen molar-refractivity contribution in [3.05, 3.63) is 35.1 Å². The number of amides is 1. The highest BCUT2D eigenvalue weighted by molar-refractivity contribution is 5.96. The van der Waals surface area contributed by atoms with E-state index in [-0.39, 0.29) is 23.2 Å². The lowest BCUT2D eigenvalue weighted by Gasteiger charge is -2.38. The molecule has 1 aromatic rings. The minimum Gasteiger partial charge on any atom is -0.478 e. The lowest BCUT2D eigenvalue weighted by molar-refractivity contribution is -0.0251. The van der Waals surface area contributed by atoms with E-state index >= 15 is 0 Å². The molecule has 0 bridgehead atoms. The molecule has 2 rings (SSSR count). The topological polar surface area (TPSA) is 66.8 Å². The van der Waals surface area contributed by atoms with Gasteiger partial charge in [0.25, 0.3) is 5.91 Å². The zero-order chi connectivity index (χ0) is 14.9. The van der Waals surface area contributed by atoms with Crippen molar-refractivity contribution in [2.75, 3.05) is 13.2 Å². The van der Waals surface area contributed by atoms with Crippen LogP contribution in [-0.4, -0.2) is 47.2 Å². The Morgan fingerprint density at radius 1 is 1.30 bits per heavy atom. The first-order chi connectivity index (χ1) is 9.41. The van der Waals surface area contributed by atoms with Crippen LogP contribution >= 0.6 is 0 Å². The van der Waals surface area contributed by atoms with Crippen LogP contribution in [-0.2, 0) is 4.74 Å². The second-order valence-corrected chi connectivity index (χ2v) is 4.95. The number of hydrogen-bond acceptors (Lipinski definition) is 3. The predicted molar refractivity (Wildman–Crippen MR) is 69.3 cm³/mol. The van der Waals surface area contributed by atoms with E-state index in [1.807, 2.05) is 13.8 Å². The van der Waals surface area contributed by atoms with E-state index in [1.165, 1.54) is 12.1 Å². The summed E-state index contributed by atoms with van der Waals surface area (Å²) in [5.74, 6) is -2.49. The molecule has 0 spiro atoms. The maximum atomic E-state index is 13.9. The Labute approximate surface area is 116 Å². The molecule has 2 atom stereocenters. The molecule has 0 saturated carbocycles. The summed E-state index contributed by atoms with van der Waals surface area (Å²) in [7, 11) is 0. The fourth-order valence-electron chi connectivity index (χ4n) is 2.37. The Bertz CT molecular complexity index is 536. The second-order valence-electron chi connectivity index (χ2n) is 4.95. The second kappa shape index (κ2) is 5.58. The average molecular weight is 281 g/mol. The fourth-order valence-corrected chi connectivity index (χ4v) is 2.37. The Hall–Kier alpha value is -1.95. The van der Waals surface area contributed by atoms with E-state index in [2.05, 4.69) is 0 Å². The molecule has 1 heterocycles. The van der Waals surface area contributed by atoms with Gasteiger partial charge in [-0.2, -0.15) is 0 Å². The minimum atomic E-state index is -1.23. The molecule has 1 aliphatic heterocycles. The Kier molecular flexibility index (Phi) is 4.04. The van der Waals surface area contributed by atoms with Gasteiger partial charge < -0.3 is 14.7 Å². The third-order valence-electron chi connectivity index (χ3n) is 3.35. The molecule has 1 saturated heterocycles. The van der Waals surface area contributed by atoms with Crippen molar-refractivity contribution in [2.45, 2.75) is 25.9 Å². The van der Waals surface area contributed by atoms with E-state index < -0.39 is 17.7 Å². The number of carbonyl (C=O) groups is 2. The van der Waals surface area contributed by atoms with Gasteiger partial charge in [0.15, 0.2) is 0 Å². The Balaban J connectivity index is 2.31. The van der Waals surface area contributed by atoms with Crippen LogP contribution in [0.4, 0.5) is 4.39 Å². The third-order valence-corrected chi connectivity index (χ3v) is 3.35. The molecule has 1 aromatic carbocycles. The van der Waals surface area contributed by atoms with Crippen LogP contribution < -0.4 is 0 Å². The number of carboxylic acid groups (broad SMARTS) is 1. The van der Waals surface area contributed by atoms with Gasteiger partial charge in [-0.15, -0.1) is 0 Å². The van der Waals surface area contributed by atoms with Crippen molar-refractivity contribution in [1.82, 2.24) is 4.90 Å². The summed E-state index contributed by atoms with van der Waals surface area (Å²) in [5.41, 5.74) is -0.294. The van der Waals surface area contributed by atoms with Gasteiger partial charge in [-0.25, -0.2) is 9.18 Å². The summed E-state index contributed by atoms with van der Waals surface area (Å²) < 4.78 is 19.3. The summed E-state index contributed by atoms with van der Waals surface area (Å²) in [5, 5.41) is 8.79. The van der Waals surface area contributed by atoms with Gasteiger partial charge in [-0.3, -0.25) is 4.79 Å². The lowest BCUT2D eigenvalue weighted by atomic mass is 10.1. The Morgan fingerprint density at radius 3 is 2.40 bits per heavy atom. The van der Waals surface area contributed by atoms with Crippen molar-refractivity contribution >= 4 is 11.9 Å². The van der Waals surface area contributed by atoms with Gasteiger partial charge in [0, 0.05) is 0 Å². The molecule has 5 nitrogen and oxygen atoms in total. The van der Waals surface area contributed by atoms with Crippen LogP contribution in [0.2, 0.25) is 0 Å². The standard InChI is InChI=1S/C14H16FNO4/c1-8-6-20-7-9(2)16(8)13(17)11-4-3-10(14(18)19)5-12(11)15/h3-5,8-9H,6-7H2,1-2H3,(H,18,19). The summed E-state index contributed by atoms with van der Waals surface area (Å²) in [6.07, 6.45) is 0. The monoisotopic (exact) mass is 281 g/mol. The van der Waals surface area contributed by atoms with E-state index in [1.54, 1.807) is 4.90 Å². The number of rotatable bonds is 2. The lowest BCUT2D eigenvalue weighted by Crippen LogP contribution is -2.52. The van der Waals surface area contributed by atoms with Crippen molar-refractivity contribution < 1.29 is 23.8 Å². The Morgan fingerprint density at radius 2 is 1.90 bits per heavy atom. The SMILES string of the molecule is CC1COCC(C)N1C(=O)c1ccc(C(=O)O)cc1F. The molecule has 2 unspecified atom stereocenters. The number of carboxylic acids is 1. The van der Waals surface area contributed by atoms with Gasteiger partial charge in [0.05, 0.1) is 36.4 Å². The van der Waals surface area contributed by atoms with E-state index in [9.17, 15) is 14.0 Å². The molecule has 1 N–H and O–H groups in total.